The van der Waals surface area contributed by atoms with E-state index in [1.54, 1.807) is 6.20 Å². The summed E-state index contributed by atoms with van der Waals surface area (Å²) in [5.41, 5.74) is 4.07. The van der Waals surface area contributed by atoms with Gasteiger partial charge in [-0.05, 0) is 54.8 Å². The predicted molar refractivity (Wildman–Crippen MR) is 96.8 cm³/mol. The van der Waals surface area contributed by atoms with Crippen molar-refractivity contribution in [1.29, 1.82) is 0 Å². The van der Waals surface area contributed by atoms with Crippen LogP contribution < -0.4 is 0 Å². The summed E-state index contributed by atoms with van der Waals surface area (Å²) in [6, 6.07) is 18.2. The van der Waals surface area contributed by atoms with Gasteiger partial charge in [-0.2, -0.15) is 0 Å². The zero-order valence-corrected chi connectivity index (χ0v) is 13.7. The van der Waals surface area contributed by atoms with Gasteiger partial charge in [0.1, 0.15) is 6.10 Å². The van der Waals surface area contributed by atoms with Crippen molar-refractivity contribution in [3.8, 4) is 0 Å². The zero-order chi connectivity index (χ0) is 16.4. The third-order valence-electron chi connectivity index (χ3n) is 4.88. The second-order valence-electron chi connectivity index (χ2n) is 6.54. The summed E-state index contributed by atoms with van der Waals surface area (Å²) in [4.78, 5) is 6.86. The SMILES string of the molecule is OC(c1ccc(CN2CCCC2)cc1)c1ccnc2ccccc12. The average Bonchev–Trinajstić information content (AvgIpc) is 3.14. The minimum atomic E-state index is -0.626. The quantitative estimate of drug-likeness (QED) is 0.792. The maximum absolute atomic E-state index is 10.8. The van der Waals surface area contributed by atoms with Gasteiger partial charge >= 0.3 is 0 Å². The first-order valence-electron chi connectivity index (χ1n) is 8.64. The lowest BCUT2D eigenvalue weighted by Crippen LogP contribution is -2.18. The van der Waals surface area contributed by atoms with Crippen molar-refractivity contribution in [1.82, 2.24) is 9.88 Å². The molecule has 1 fully saturated rings. The molecule has 1 saturated heterocycles. The molecule has 2 aromatic carbocycles. The van der Waals surface area contributed by atoms with Crippen molar-refractivity contribution in [2.75, 3.05) is 13.1 Å². The van der Waals surface area contributed by atoms with Crippen molar-refractivity contribution >= 4 is 10.9 Å². The van der Waals surface area contributed by atoms with Gasteiger partial charge in [-0.15, -0.1) is 0 Å². The number of benzene rings is 2. The molecule has 0 radical (unpaired) electrons. The number of aliphatic hydroxyl groups is 1. The Morgan fingerprint density at radius 1 is 0.958 bits per heavy atom. The summed E-state index contributed by atoms with van der Waals surface area (Å²) >= 11 is 0. The summed E-state index contributed by atoms with van der Waals surface area (Å²) < 4.78 is 0. The first kappa shape index (κ1) is 15.3. The standard InChI is InChI=1S/C21H22N2O/c24-21(19-11-12-22-20-6-2-1-5-18(19)20)17-9-7-16(8-10-17)15-23-13-3-4-14-23/h1-2,5-12,21,24H,3-4,13-15H2. The maximum atomic E-state index is 10.8. The summed E-state index contributed by atoms with van der Waals surface area (Å²) in [7, 11) is 0. The third kappa shape index (κ3) is 3.05. The molecule has 0 saturated carbocycles. The van der Waals surface area contributed by atoms with Crippen LogP contribution in [0.2, 0.25) is 0 Å². The van der Waals surface area contributed by atoms with E-state index in [4.69, 9.17) is 0 Å². The van der Waals surface area contributed by atoms with Gasteiger partial charge in [0.25, 0.3) is 0 Å². The van der Waals surface area contributed by atoms with Gasteiger partial charge in [-0.1, -0.05) is 42.5 Å². The Balaban J connectivity index is 1.58. The first-order valence-corrected chi connectivity index (χ1v) is 8.64. The van der Waals surface area contributed by atoms with E-state index in [0.29, 0.717) is 0 Å². The monoisotopic (exact) mass is 318 g/mol. The number of likely N-dealkylation sites (tertiary alicyclic amines) is 1. The van der Waals surface area contributed by atoms with Crippen LogP contribution in [-0.4, -0.2) is 28.1 Å². The summed E-state index contributed by atoms with van der Waals surface area (Å²) in [6.45, 7) is 3.41. The largest absolute Gasteiger partial charge is 0.384 e. The molecule has 2 heterocycles. The normalized spacial score (nSPS) is 16.5. The van der Waals surface area contributed by atoms with Crippen LogP contribution in [0.1, 0.15) is 35.6 Å². The molecule has 4 rings (SSSR count). The Kier molecular flexibility index (Phi) is 4.28. The lowest BCUT2D eigenvalue weighted by Gasteiger charge is -2.17. The number of fused-ring (bicyclic) bond motifs is 1. The lowest BCUT2D eigenvalue weighted by molar-refractivity contribution is 0.221. The van der Waals surface area contributed by atoms with E-state index in [0.717, 1.165) is 28.6 Å². The van der Waals surface area contributed by atoms with Crippen LogP contribution in [0.25, 0.3) is 10.9 Å². The highest BCUT2D eigenvalue weighted by Gasteiger charge is 2.15. The van der Waals surface area contributed by atoms with E-state index in [-0.39, 0.29) is 0 Å². The summed E-state index contributed by atoms with van der Waals surface area (Å²) in [5.74, 6) is 0. The Hall–Kier alpha value is -2.23. The molecule has 122 valence electrons. The number of para-hydroxylation sites is 1. The molecule has 0 spiro atoms. The molecule has 0 aliphatic carbocycles. The van der Waals surface area contributed by atoms with E-state index in [9.17, 15) is 5.11 Å². The Morgan fingerprint density at radius 2 is 1.71 bits per heavy atom. The number of hydrogen-bond donors (Lipinski definition) is 1. The van der Waals surface area contributed by atoms with Crippen molar-refractivity contribution in [3.05, 3.63) is 77.5 Å². The molecule has 1 aliphatic rings. The molecule has 0 amide bonds. The van der Waals surface area contributed by atoms with Gasteiger partial charge in [-0.25, -0.2) is 0 Å². The van der Waals surface area contributed by atoms with Gasteiger partial charge < -0.3 is 5.11 Å². The van der Waals surface area contributed by atoms with Crippen molar-refractivity contribution < 1.29 is 5.11 Å². The Bertz CT molecular complexity index is 817. The number of pyridine rings is 1. The van der Waals surface area contributed by atoms with E-state index < -0.39 is 6.10 Å². The topological polar surface area (TPSA) is 36.4 Å². The number of aliphatic hydroxyl groups excluding tert-OH is 1. The van der Waals surface area contributed by atoms with Crippen LogP contribution >= 0.6 is 0 Å². The van der Waals surface area contributed by atoms with Crippen LogP contribution in [0.15, 0.2) is 60.8 Å². The van der Waals surface area contributed by atoms with Gasteiger partial charge in [0.05, 0.1) is 5.52 Å². The molecule has 1 atom stereocenters. The molecule has 1 aromatic heterocycles. The van der Waals surface area contributed by atoms with Crippen molar-refractivity contribution in [2.24, 2.45) is 0 Å². The van der Waals surface area contributed by atoms with E-state index in [2.05, 4.69) is 22.0 Å². The van der Waals surface area contributed by atoms with Crippen molar-refractivity contribution in [3.63, 3.8) is 0 Å². The molecular weight excluding hydrogens is 296 g/mol. The van der Waals surface area contributed by atoms with E-state index in [1.807, 2.05) is 42.5 Å². The summed E-state index contributed by atoms with van der Waals surface area (Å²) in [6.07, 6.45) is 3.76. The van der Waals surface area contributed by atoms with Crippen LogP contribution in [0, 0.1) is 0 Å². The summed E-state index contributed by atoms with van der Waals surface area (Å²) in [5, 5.41) is 11.8. The maximum Gasteiger partial charge on any atom is 0.105 e. The molecule has 3 aromatic rings. The smallest absolute Gasteiger partial charge is 0.105 e. The Morgan fingerprint density at radius 3 is 2.50 bits per heavy atom. The molecule has 1 aliphatic heterocycles. The highest BCUT2D eigenvalue weighted by molar-refractivity contribution is 5.82. The highest BCUT2D eigenvalue weighted by atomic mass is 16.3. The minimum Gasteiger partial charge on any atom is -0.384 e. The zero-order valence-electron chi connectivity index (χ0n) is 13.7. The van der Waals surface area contributed by atoms with E-state index >= 15 is 0 Å². The van der Waals surface area contributed by atoms with Gasteiger partial charge in [0, 0.05) is 18.1 Å². The minimum absolute atomic E-state index is 0.626. The third-order valence-corrected chi connectivity index (χ3v) is 4.88. The van der Waals surface area contributed by atoms with Crippen LogP contribution in [0.5, 0.6) is 0 Å². The van der Waals surface area contributed by atoms with Crippen molar-refractivity contribution in [2.45, 2.75) is 25.5 Å². The molecule has 3 nitrogen and oxygen atoms in total. The first-order chi connectivity index (χ1) is 11.8. The fourth-order valence-electron chi connectivity index (χ4n) is 3.54. The van der Waals surface area contributed by atoms with Gasteiger partial charge in [0.15, 0.2) is 0 Å². The fourth-order valence-corrected chi connectivity index (χ4v) is 3.54. The second-order valence-corrected chi connectivity index (χ2v) is 6.54. The number of hydrogen-bond acceptors (Lipinski definition) is 3. The molecule has 24 heavy (non-hydrogen) atoms. The van der Waals surface area contributed by atoms with Crippen LogP contribution in [-0.2, 0) is 6.54 Å². The molecule has 3 heteroatoms. The molecular formula is C21H22N2O. The van der Waals surface area contributed by atoms with E-state index in [1.165, 1.54) is 31.5 Å². The van der Waals surface area contributed by atoms with Crippen LogP contribution in [0.3, 0.4) is 0 Å². The fraction of sp³-hybridized carbons (Fsp3) is 0.286. The number of rotatable bonds is 4. The van der Waals surface area contributed by atoms with Gasteiger partial charge in [0.2, 0.25) is 0 Å². The second kappa shape index (κ2) is 6.71. The number of aromatic nitrogens is 1. The lowest BCUT2D eigenvalue weighted by atomic mass is 9.97. The molecule has 0 bridgehead atoms. The Labute approximate surface area is 142 Å². The average molecular weight is 318 g/mol. The molecule has 1 unspecified atom stereocenters. The molecule has 1 N–H and O–H groups in total. The van der Waals surface area contributed by atoms with Crippen LogP contribution in [0.4, 0.5) is 0 Å². The predicted octanol–water partition coefficient (Wildman–Crippen LogP) is 3.91. The highest BCUT2D eigenvalue weighted by Crippen LogP contribution is 2.28. The van der Waals surface area contributed by atoms with Gasteiger partial charge in [-0.3, -0.25) is 9.88 Å². The number of nitrogens with zero attached hydrogens (tertiary/aromatic N) is 2.